The molecule has 2 aromatic carbocycles. The van der Waals surface area contributed by atoms with Crippen molar-refractivity contribution in [1.82, 2.24) is 0 Å². The van der Waals surface area contributed by atoms with E-state index in [0.717, 1.165) is 54.4 Å². The summed E-state index contributed by atoms with van der Waals surface area (Å²) < 4.78 is 0. The van der Waals surface area contributed by atoms with Crippen LogP contribution in [-0.4, -0.2) is 10.2 Å². The molecule has 2 aromatic rings. The van der Waals surface area contributed by atoms with Crippen LogP contribution in [0.5, 0.6) is 11.5 Å². The number of aryl methyl sites for hydroxylation is 2. The predicted molar refractivity (Wildman–Crippen MR) is 235 cm³/mol. The second-order valence-corrected chi connectivity index (χ2v) is 17.8. The molecular formula is C51H82O2. The first-order valence-corrected chi connectivity index (χ1v) is 22.0. The Balaban J connectivity index is 2.08. The first kappa shape index (κ1) is 46.4. The van der Waals surface area contributed by atoms with Crippen molar-refractivity contribution in [3.8, 4) is 11.5 Å². The third-order valence-corrected chi connectivity index (χ3v) is 10.8. The third-order valence-electron chi connectivity index (χ3n) is 10.8. The highest BCUT2D eigenvalue weighted by Crippen LogP contribution is 2.41. The van der Waals surface area contributed by atoms with E-state index in [2.05, 4.69) is 116 Å². The largest absolute Gasteiger partial charge is 0.507 e. The molecule has 0 aliphatic rings. The van der Waals surface area contributed by atoms with Crippen LogP contribution in [0.15, 0.2) is 60.7 Å². The van der Waals surface area contributed by atoms with Gasteiger partial charge < -0.3 is 10.2 Å². The van der Waals surface area contributed by atoms with Gasteiger partial charge in [-0.25, -0.2) is 0 Å². The Labute approximate surface area is 328 Å². The van der Waals surface area contributed by atoms with E-state index in [1.807, 2.05) is 0 Å². The van der Waals surface area contributed by atoms with E-state index in [9.17, 15) is 10.2 Å². The van der Waals surface area contributed by atoms with Crippen LogP contribution in [0.4, 0.5) is 0 Å². The van der Waals surface area contributed by atoms with Crippen molar-refractivity contribution in [2.45, 2.75) is 214 Å². The van der Waals surface area contributed by atoms with Crippen LogP contribution in [0.25, 0.3) is 0 Å². The monoisotopic (exact) mass is 727 g/mol. The van der Waals surface area contributed by atoms with E-state index >= 15 is 0 Å². The van der Waals surface area contributed by atoms with Gasteiger partial charge in [0.05, 0.1) is 0 Å². The molecule has 0 saturated carbocycles. The fraction of sp³-hybridized carbons (Fsp3) is 0.647. The summed E-state index contributed by atoms with van der Waals surface area (Å²) in [4.78, 5) is 0. The number of rotatable bonds is 27. The summed E-state index contributed by atoms with van der Waals surface area (Å²) in [5.41, 5.74) is 6.14. The van der Waals surface area contributed by atoms with Crippen molar-refractivity contribution >= 4 is 0 Å². The van der Waals surface area contributed by atoms with Crippen molar-refractivity contribution in [2.24, 2.45) is 0 Å². The molecular weight excluding hydrogens is 645 g/mol. The van der Waals surface area contributed by atoms with Crippen LogP contribution < -0.4 is 0 Å². The minimum Gasteiger partial charge on any atom is -0.507 e. The normalized spacial score (nSPS) is 12.7. The van der Waals surface area contributed by atoms with Gasteiger partial charge in [0.15, 0.2) is 0 Å². The molecule has 0 radical (unpaired) electrons. The van der Waals surface area contributed by atoms with Gasteiger partial charge in [-0.2, -0.15) is 0 Å². The maximum absolute atomic E-state index is 11.9. The van der Waals surface area contributed by atoms with E-state index in [4.69, 9.17) is 0 Å². The number of phenols is 2. The van der Waals surface area contributed by atoms with Gasteiger partial charge in [0.1, 0.15) is 11.5 Å². The van der Waals surface area contributed by atoms with Crippen molar-refractivity contribution in [3.63, 3.8) is 0 Å². The molecule has 298 valence electrons. The van der Waals surface area contributed by atoms with Crippen molar-refractivity contribution in [2.75, 3.05) is 0 Å². The van der Waals surface area contributed by atoms with Crippen LogP contribution in [0, 0.1) is 0 Å². The van der Waals surface area contributed by atoms with Gasteiger partial charge in [0.25, 0.3) is 0 Å². The molecule has 2 heteroatoms. The van der Waals surface area contributed by atoms with Crippen molar-refractivity contribution < 1.29 is 10.2 Å². The molecule has 0 unspecified atom stereocenters. The number of allylic oxidation sites excluding steroid dienone is 6. The van der Waals surface area contributed by atoms with Gasteiger partial charge in [-0.3, -0.25) is 0 Å². The van der Waals surface area contributed by atoms with Crippen molar-refractivity contribution in [1.29, 1.82) is 0 Å². The second kappa shape index (κ2) is 26.1. The van der Waals surface area contributed by atoms with Gasteiger partial charge in [-0.05, 0) is 110 Å². The number of unbranched alkanes of at least 4 members (excludes halogenated alkanes) is 15. The number of hydrogen-bond donors (Lipinski definition) is 2. The van der Waals surface area contributed by atoms with Crippen LogP contribution in [0.3, 0.4) is 0 Å². The summed E-state index contributed by atoms with van der Waals surface area (Å²) in [5.74, 6) is 0.849. The van der Waals surface area contributed by atoms with Gasteiger partial charge in [-0.15, -0.1) is 0 Å². The second-order valence-electron chi connectivity index (χ2n) is 17.8. The average Bonchev–Trinajstić information content (AvgIpc) is 3.10. The minimum absolute atomic E-state index is 0.166. The van der Waals surface area contributed by atoms with E-state index in [0.29, 0.717) is 17.9 Å². The molecule has 0 fully saturated rings. The molecule has 0 spiro atoms. The predicted octanol–water partition coefficient (Wildman–Crippen LogP) is 15.9. The summed E-state index contributed by atoms with van der Waals surface area (Å²) in [6.45, 7) is 17.6. The van der Waals surface area contributed by atoms with Crippen LogP contribution in [0.1, 0.15) is 217 Å². The molecule has 0 aliphatic heterocycles. The van der Waals surface area contributed by atoms with E-state index in [-0.39, 0.29) is 10.8 Å². The van der Waals surface area contributed by atoms with Crippen molar-refractivity contribution in [3.05, 3.63) is 94.1 Å². The molecule has 0 bridgehead atoms. The van der Waals surface area contributed by atoms with Gasteiger partial charge in [0, 0.05) is 17.5 Å². The molecule has 2 nitrogen and oxygen atoms in total. The highest BCUT2D eigenvalue weighted by atomic mass is 16.3. The lowest BCUT2D eigenvalue weighted by Gasteiger charge is -2.26. The van der Waals surface area contributed by atoms with E-state index in [1.54, 1.807) is 0 Å². The SMILES string of the molecule is CCC/C=C/C/C=C/CCCCCCCc1ccc(C(C)(C)C)c(O)c1Cc1c(CCCCCCC/C=C/CCCCCC)ccc(C(C)(C)C)c1O. The summed E-state index contributed by atoms with van der Waals surface area (Å²) in [7, 11) is 0. The summed E-state index contributed by atoms with van der Waals surface area (Å²) >= 11 is 0. The molecule has 0 saturated heterocycles. The summed E-state index contributed by atoms with van der Waals surface area (Å²) in [5, 5.41) is 23.8. The quantitative estimate of drug-likeness (QED) is 0.0711. The van der Waals surface area contributed by atoms with E-state index < -0.39 is 0 Å². The molecule has 0 heterocycles. The minimum atomic E-state index is -0.167. The number of phenolic OH excluding ortho intramolecular Hbond substituents is 2. The molecule has 0 amide bonds. The first-order chi connectivity index (χ1) is 25.4. The van der Waals surface area contributed by atoms with E-state index in [1.165, 1.54) is 120 Å². The van der Waals surface area contributed by atoms with Crippen LogP contribution in [-0.2, 0) is 30.1 Å². The summed E-state index contributed by atoms with van der Waals surface area (Å²) in [6.07, 6.45) is 41.2. The highest BCUT2D eigenvalue weighted by molar-refractivity contribution is 5.55. The lowest BCUT2D eigenvalue weighted by atomic mass is 9.80. The smallest absolute Gasteiger partial charge is 0.123 e. The maximum Gasteiger partial charge on any atom is 0.123 e. The fourth-order valence-electron chi connectivity index (χ4n) is 7.42. The Hall–Kier alpha value is -2.74. The molecule has 0 atom stereocenters. The first-order valence-electron chi connectivity index (χ1n) is 22.0. The Bertz CT molecular complexity index is 1360. The Morgan fingerprint density at radius 1 is 0.434 bits per heavy atom. The number of aromatic hydroxyl groups is 2. The number of hydrogen-bond acceptors (Lipinski definition) is 2. The topological polar surface area (TPSA) is 40.5 Å². The van der Waals surface area contributed by atoms with Gasteiger partial charge in [0.2, 0.25) is 0 Å². The lowest BCUT2D eigenvalue weighted by molar-refractivity contribution is 0.433. The third kappa shape index (κ3) is 18.4. The molecule has 2 rings (SSSR count). The Morgan fingerprint density at radius 2 is 0.811 bits per heavy atom. The van der Waals surface area contributed by atoms with Crippen LogP contribution in [0.2, 0.25) is 0 Å². The summed E-state index contributed by atoms with van der Waals surface area (Å²) in [6, 6.07) is 8.83. The lowest BCUT2D eigenvalue weighted by Crippen LogP contribution is -2.15. The zero-order valence-corrected chi connectivity index (χ0v) is 35.9. The van der Waals surface area contributed by atoms with Gasteiger partial charge >= 0.3 is 0 Å². The Kier molecular flexibility index (Phi) is 22.9. The molecule has 53 heavy (non-hydrogen) atoms. The molecule has 2 N–H and O–H groups in total. The Morgan fingerprint density at radius 3 is 1.23 bits per heavy atom. The number of benzene rings is 2. The van der Waals surface area contributed by atoms with Gasteiger partial charge in [-0.1, -0.05) is 180 Å². The molecule has 0 aromatic heterocycles. The standard InChI is InChI=1S/C51H82O2/c1-9-11-13-15-17-19-21-23-25-27-29-31-33-35-42-37-39-46(50(3,4)5)48(52)44(42)41-45-43(38-40-47(49(45)53)51(6,7)8)36-34-32-30-28-26-24-22-20-18-16-14-12-10-2/h13,15,19-22,37-40,52-53H,9-12,14,16-18,23-36,41H2,1-8H3/b15-13+,21-19+,22-20+. The fourth-order valence-corrected chi connectivity index (χ4v) is 7.42. The average molecular weight is 727 g/mol. The zero-order valence-electron chi connectivity index (χ0n) is 35.9. The zero-order chi connectivity index (χ0) is 39.0. The molecule has 0 aliphatic carbocycles. The maximum atomic E-state index is 11.9. The highest BCUT2D eigenvalue weighted by Gasteiger charge is 2.26. The van der Waals surface area contributed by atoms with Crippen LogP contribution >= 0.6 is 0 Å².